The van der Waals surface area contributed by atoms with Crippen LogP contribution in [0.1, 0.15) is 33.3 Å². The van der Waals surface area contributed by atoms with Gasteiger partial charge in [0.1, 0.15) is 5.76 Å². The first-order chi connectivity index (χ1) is 14.6. The molecule has 1 amide bonds. The van der Waals surface area contributed by atoms with Gasteiger partial charge in [0.15, 0.2) is 10.9 Å². The van der Waals surface area contributed by atoms with Crippen LogP contribution in [0.4, 0.5) is 0 Å². The molecule has 0 radical (unpaired) electrons. The summed E-state index contributed by atoms with van der Waals surface area (Å²) in [7, 11) is 0. The zero-order valence-corrected chi connectivity index (χ0v) is 17.4. The second-order valence-electron chi connectivity index (χ2n) is 6.62. The van der Waals surface area contributed by atoms with E-state index in [-0.39, 0.29) is 18.1 Å². The van der Waals surface area contributed by atoms with E-state index in [0.29, 0.717) is 22.4 Å². The molecule has 3 heterocycles. The molecule has 1 N–H and O–H groups in total. The number of carbonyl (C=O) groups is 1. The maximum Gasteiger partial charge on any atom is 0.274 e. The molecule has 0 unspecified atom stereocenters. The SMILES string of the molecule is Cc1cc(C)nc(SCc2c(C(=O)NCc3ccco3)nnn2-c2ccccc2)n1. The average Bonchev–Trinajstić information content (AvgIpc) is 3.40. The number of carbonyl (C=O) groups excluding carboxylic acids is 1. The highest BCUT2D eigenvalue weighted by Crippen LogP contribution is 2.23. The van der Waals surface area contributed by atoms with Gasteiger partial charge in [0.25, 0.3) is 5.91 Å². The number of nitrogens with zero attached hydrogens (tertiary/aromatic N) is 5. The van der Waals surface area contributed by atoms with Crippen LogP contribution in [-0.2, 0) is 12.3 Å². The van der Waals surface area contributed by atoms with Crippen molar-refractivity contribution in [3.63, 3.8) is 0 Å². The van der Waals surface area contributed by atoms with E-state index in [1.807, 2.05) is 50.2 Å². The Hall–Kier alpha value is -3.46. The summed E-state index contributed by atoms with van der Waals surface area (Å²) in [4.78, 5) is 21.8. The minimum atomic E-state index is -0.314. The van der Waals surface area contributed by atoms with Gasteiger partial charge in [0, 0.05) is 17.1 Å². The number of thioether (sulfide) groups is 1. The Balaban J connectivity index is 1.61. The molecule has 3 aromatic heterocycles. The molecule has 4 aromatic rings. The lowest BCUT2D eigenvalue weighted by atomic mass is 10.3. The highest BCUT2D eigenvalue weighted by atomic mass is 32.2. The van der Waals surface area contributed by atoms with Crippen LogP contribution >= 0.6 is 11.8 Å². The van der Waals surface area contributed by atoms with Crippen LogP contribution in [0.15, 0.2) is 64.4 Å². The molecule has 0 fully saturated rings. The van der Waals surface area contributed by atoms with Gasteiger partial charge in [-0.15, -0.1) is 5.10 Å². The molecule has 0 aliphatic rings. The van der Waals surface area contributed by atoms with Gasteiger partial charge in [0.05, 0.1) is 24.2 Å². The maximum absolute atomic E-state index is 12.8. The van der Waals surface area contributed by atoms with E-state index in [1.165, 1.54) is 11.8 Å². The number of aromatic nitrogens is 5. The third kappa shape index (κ3) is 4.57. The number of hydrogen-bond donors (Lipinski definition) is 1. The van der Waals surface area contributed by atoms with E-state index in [4.69, 9.17) is 4.42 Å². The van der Waals surface area contributed by atoms with Gasteiger partial charge in [-0.3, -0.25) is 4.79 Å². The van der Waals surface area contributed by atoms with Crippen molar-refractivity contribution in [3.8, 4) is 5.69 Å². The van der Waals surface area contributed by atoms with Crippen LogP contribution < -0.4 is 5.32 Å². The summed E-state index contributed by atoms with van der Waals surface area (Å²) in [6, 6.07) is 15.1. The standard InChI is InChI=1S/C21H20N6O2S/c1-14-11-15(2)24-21(23-14)30-13-18-19(20(28)22-12-17-9-6-10-29-17)25-26-27(18)16-7-4-3-5-8-16/h3-11H,12-13H2,1-2H3,(H,22,28). The second-order valence-corrected chi connectivity index (χ2v) is 7.56. The van der Waals surface area contributed by atoms with Crippen LogP contribution in [0, 0.1) is 13.8 Å². The van der Waals surface area contributed by atoms with E-state index in [0.717, 1.165) is 17.1 Å². The molecule has 0 saturated carbocycles. The minimum absolute atomic E-state index is 0.266. The smallest absolute Gasteiger partial charge is 0.274 e. The van der Waals surface area contributed by atoms with Crippen LogP contribution in [0.5, 0.6) is 0 Å². The number of hydrogen-bond acceptors (Lipinski definition) is 7. The van der Waals surface area contributed by atoms with Gasteiger partial charge in [-0.2, -0.15) is 0 Å². The first-order valence-electron chi connectivity index (χ1n) is 9.36. The van der Waals surface area contributed by atoms with Crippen LogP contribution in [-0.4, -0.2) is 30.9 Å². The molecule has 0 saturated heterocycles. The summed E-state index contributed by atoms with van der Waals surface area (Å²) in [6.07, 6.45) is 1.57. The molecule has 0 aliphatic heterocycles. The van der Waals surface area contributed by atoms with Crippen molar-refractivity contribution in [2.24, 2.45) is 0 Å². The maximum atomic E-state index is 12.8. The summed E-state index contributed by atoms with van der Waals surface area (Å²) in [6.45, 7) is 4.14. The highest BCUT2D eigenvalue weighted by molar-refractivity contribution is 7.98. The Morgan fingerprint density at radius 1 is 1.10 bits per heavy atom. The quantitative estimate of drug-likeness (QED) is 0.361. The number of para-hydroxylation sites is 1. The van der Waals surface area contributed by atoms with Crippen LogP contribution in [0.3, 0.4) is 0 Å². The molecule has 8 nitrogen and oxygen atoms in total. The molecule has 152 valence electrons. The van der Waals surface area contributed by atoms with Gasteiger partial charge in [-0.05, 0) is 44.2 Å². The van der Waals surface area contributed by atoms with Crippen LogP contribution in [0.2, 0.25) is 0 Å². The van der Waals surface area contributed by atoms with Gasteiger partial charge < -0.3 is 9.73 Å². The molecule has 0 spiro atoms. The van der Waals surface area contributed by atoms with Gasteiger partial charge in [-0.1, -0.05) is 35.2 Å². The molecule has 4 rings (SSSR count). The van der Waals surface area contributed by atoms with E-state index in [9.17, 15) is 4.79 Å². The molecule has 1 aromatic carbocycles. The lowest BCUT2D eigenvalue weighted by Crippen LogP contribution is -2.24. The van der Waals surface area contributed by atoms with E-state index in [1.54, 1.807) is 23.1 Å². The van der Waals surface area contributed by atoms with Crippen molar-refractivity contribution in [1.29, 1.82) is 0 Å². The molecule has 30 heavy (non-hydrogen) atoms. The highest BCUT2D eigenvalue weighted by Gasteiger charge is 2.21. The largest absolute Gasteiger partial charge is 0.467 e. The zero-order valence-electron chi connectivity index (χ0n) is 16.6. The first-order valence-corrected chi connectivity index (χ1v) is 10.3. The summed E-state index contributed by atoms with van der Waals surface area (Å²) in [5, 5.41) is 11.9. The topological polar surface area (TPSA) is 98.7 Å². The van der Waals surface area contributed by atoms with Gasteiger partial charge >= 0.3 is 0 Å². The van der Waals surface area contributed by atoms with Crippen molar-refractivity contribution in [1.82, 2.24) is 30.3 Å². The summed E-state index contributed by atoms with van der Waals surface area (Å²) < 4.78 is 6.95. The number of furan rings is 1. The van der Waals surface area contributed by atoms with Crippen molar-refractivity contribution >= 4 is 17.7 Å². The predicted molar refractivity (Wildman–Crippen MR) is 112 cm³/mol. The molecule has 0 aliphatic carbocycles. The fraction of sp³-hybridized carbons (Fsp3) is 0.190. The number of amides is 1. The van der Waals surface area contributed by atoms with Crippen molar-refractivity contribution in [2.45, 2.75) is 31.3 Å². The lowest BCUT2D eigenvalue weighted by Gasteiger charge is -2.08. The number of nitrogens with one attached hydrogen (secondary N) is 1. The van der Waals surface area contributed by atoms with Crippen molar-refractivity contribution < 1.29 is 9.21 Å². The number of rotatable bonds is 7. The molecule has 9 heteroatoms. The lowest BCUT2D eigenvalue weighted by molar-refractivity contribution is 0.0942. The Bertz CT molecular complexity index is 1120. The summed E-state index contributed by atoms with van der Waals surface area (Å²) in [5.41, 5.74) is 3.56. The number of benzene rings is 1. The minimum Gasteiger partial charge on any atom is -0.467 e. The van der Waals surface area contributed by atoms with E-state index in [2.05, 4.69) is 25.6 Å². The third-order valence-corrected chi connectivity index (χ3v) is 5.14. The fourth-order valence-electron chi connectivity index (χ4n) is 2.94. The fourth-order valence-corrected chi connectivity index (χ4v) is 3.88. The third-order valence-electron chi connectivity index (χ3n) is 4.28. The Labute approximate surface area is 177 Å². The normalized spacial score (nSPS) is 10.9. The Morgan fingerprint density at radius 3 is 2.57 bits per heavy atom. The number of aryl methyl sites for hydroxylation is 2. The van der Waals surface area contributed by atoms with Crippen molar-refractivity contribution in [3.05, 3.63) is 83.3 Å². The molecular formula is C21H20N6O2S. The molecule has 0 bridgehead atoms. The van der Waals surface area contributed by atoms with Crippen molar-refractivity contribution in [2.75, 3.05) is 0 Å². The first kappa shape index (κ1) is 19.8. The van der Waals surface area contributed by atoms with E-state index < -0.39 is 0 Å². The van der Waals surface area contributed by atoms with Crippen LogP contribution in [0.25, 0.3) is 5.69 Å². The Morgan fingerprint density at radius 2 is 1.87 bits per heavy atom. The monoisotopic (exact) mass is 420 g/mol. The second kappa shape index (κ2) is 8.91. The van der Waals surface area contributed by atoms with Gasteiger partial charge in [0.2, 0.25) is 0 Å². The Kier molecular flexibility index (Phi) is 5.89. The van der Waals surface area contributed by atoms with E-state index >= 15 is 0 Å². The molecule has 0 atom stereocenters. The zero-order chi connectivity index (χ0) is 20.9. The average molecular weight is 420 g/mol. The molecular weight excluding hydrogens is 400 g/mol. The van der Waals surface area contributed by atoms with Gasteiger partial charge in [-0.25, -0.2) is 14.6 Å². The summed E-state index contributed by atoms with van der Waals surface area (Å²) in [5.74, 6) is 0.790. The predicted octanol–water partition coefficient (Wildman–Crippen LogP) is 3.49. The summed E-state index contributed by atoms with van der Waals surface area (Å²) >= 11 is 1.44.